The average molecular weight is 243 g/mol. The number of methoxy groups -OCH3 is 1. The Bertz CT molecular complexity index is 199. The summed E-state index contributed by atoms with van der Waals surface area (Å²) in [6, 6.07) is 1.23. The van der Waals surface area contributed by atoms with E-state index in [1.807, 2.05) is 0 Å². The van der Waals surface area contributed by atoms with Crippen LogP contribution in [0.15, 0.2) is 0 Å². The van der Waals surface area contributed by atoms with Gasteiger partial charge in [0.05, 0.1) is 6.61 Å². The first kappa shape index (κ1) is 14.9. The van der Waals surface area contributed by atoms with Crippen molar-refractivity contribution >= 4 is 0 Å². The van der Waals surface area contributed by atoms with E-state index in [-0.39, 0.29) is 0 Å². The van der Waals surface area contributed by atoms with E-state index < -0.39 is 0 Å². The van der Waals surface area contributed by atoms with Gasteiger partial charge in [-0.3, -0.25) is 4.90 Å². The minimum atomic E-state index is 0.525. The Morgan fingerprint density at radius 3 is 2.76 bits per heavy atom. The Kier molecular flexibility index (Phi) is 7.04. The first-order valence-electron chi connectivity index (χ1n) is 6.79. The van der Waals surface area contributed by atoms with Crippen LogP contribution >= 0.6 is 0 Å². The fourth-order valence-corrected chi connectivity index (χ4v) is 2.45. The summed E-state index contributed by atoms with van der Waals surface area (Å²) in [6.45, 7) is 7.56. The molecule has 0 amide bonds. The largest absolute Gasteiger partial charge is 0.383 e. The van der Waals surface area contributed by atoms with Crippen molar-refractivity contribution in [3.63, 3.8) is 0 Å². The number of rotatable bonds is 8. The number of ether oxygens (including phenoxy) is 1. The third-order valence-electron chi connectivity index (χ3n) is 3.61. The molecule has 1 aliphatic rings. The van der Waals surface area contributed by atoms with E-state index in [0.29, 0.717) is 12.1 Å². The van der Waals surface area contributed by atoms with Crippen LogP contribution in [0, 0.1) is 0 Å². The minimum Gasteiger partial charge on any atom is -0.383 e. The summed E-state index contributed by atoms with van der Waals surface area (Å²) in [5.74, 6) is 0. The van der Waals surface area contributed by atoms with Crippen molar-refractivity contribution in [1.29, 1.82) is 0 Å². The van der Waals surface area contributed by atoms with Crippen LogP contribution in [-0.4, -0.2) is 75.9 Å². The molecule has 2 atom stereocenters. The van der Waals surface area contributed by atoms with Crippen molar-refractivity contribution in [3.05, 3.63) is 0 Å². The number of likely N-dealkylation sites (N-methyl/N-ethyl adjacent to an activating group) is 1. The predicted molar refractivity (Wildman–Crippen MR) is 72.5 cm³/mol. The highest BCUT2D eigenvalue weighted by Gasteiger charge is 2.28. The smallest absolute Gasteiger partial charge is 0.0630 e. The van der Waals surface area contributed by atoms with Crippen molar-refractivity contribution in [3.8, 4) is 0 Å². The van der Waals surface area contributed by atoms with E-state index in [1.165, 1.54) is 25.9 Å². The summed E-state index contributed by atoms with van der Waals surface area (Å²) in [6.07, 6.45) is 2.47. The number of hydrogen-bond acceptors (Lipinski definition) is 4. The van der Waals surface area contributed by atoms with Crippen LogP contribution in [0.25, 0.3) is 0 Å². The standard InChI is InChI=1S/C13H29N3O/c1-5-7-14-9-13(11-17-4)16-8-6-12(10-16)15(2)3/h12-14H,5-11H2,1-4H3. The van der Waals surface area contributed by atoms with Gasteiger partial charge in [0, 0.05) is 38.8 Å². The topological polar surface area (TPSA) is 27.7 Å². The van der Waals surface area contributed by atoms with Gasteiger partial charge in [0.15, 0.2) is 0 Å². The van der Waals surface area contributed by atoms with Gasteiger partial charge in [0.1, 0.15) is 0 Å². The highest BCUT2D eigenvalue weighted by molar-refractivity contribution is 4.86. The fraction of sp³-hybridized carbons (Fsp3) is 1.00. The molecule has 0 saturated carbocycles. The van der Waals surface area contributed by atoms with Crippen LogP contribution in [0.3, 0.4) is 0 Å². The van der Waals surface area contributed by atoms with Gasteiger partial charge < -0.3 is 15.0 Å². The van der Waals surface area contributed by atoms with Gasteiger partial charge in [-0.1, -0.05) is 6.92 Å². The summed E-state index contributed by atoms with van der Waals surface area (Å²) in [5, 5.41) is 3.51. The van der Waals surface area contributed by atoms with Crippen LogP contribution in [0.5, 0.6) is 0 Å². The van der Waals surface area contributed by atoms with Crippen LogP contribution in [0.2, 0.25) is 0 Å². The first-order valence-corrected chi connectivity index (χ1v) is 6.79. The Labute approximate surface area is 106 Å². The minimum absolute atomic E-state index is 0.525. The molecule has 0 radical (unpaired) electrons. The molecule has 102 valence electrons. The van der Waals surface area contributed by atoms with Crippen LogP contribution < -0.4 is 5.32 Å². The van der Waals surface area contributed by atoms with Crippen molar-refractivity contribution < 1.29 is 4.74 Å². The van der Waals surface area contributed by atoms with Gasteiger partial charge >= 0.3 is 0 Å². The highest BCUT2D eigenvalue weighted by atomic mass is 16.5. The molecule has 2 unspecified atom stereocenters. The van der Waals surface area contributed by atoms with Crippen LogP contribution in [0.4, 0.5) is 0 Å². The summed E-state index contributed by atoms with van der Waals surface area (Å²) in [5.41, 5.74) is 0. The summed E-state index contributed by atoms with van der Waals surface area (Å²) < 4.78 is 5.35. The second-order valence-corrected chi connectivity index (χ2v) is 5.21. The van der Waals surface area contributed by atoms with Gasteiger partial charge in [-0.25, -0.2) is 0 Å². The second kappa shape index (κ2) is 8.03. The number of likely N-dealkylation sites (tertiary alicyclic amines) is 1. The SMILES string of the molecule is CCCNCC(COC)N1CCC(N(C)C)C1. The molecule has 4 nitrogen and oxygen atoms in total. The average Bonchev–Trinajstić information content (AvgIpc) is 2.77. The maximum Gasteiger partial charge on any atom is 0.0630 e. The third-order valence-corrected chi connectivity index (χ3v) is 3.61. The molecule has 0 spiro atoms. The zero-order valence-electron chi connectivity index (χ0n) is 11.9. The molecule has 0 aromatic carbocycles. The van der Waals surface area contributed by atoms with Crippen molar-refractivity contribution in [2.45, 2.75) is 31.8 Å². The van der Waals surface area contributed by atoms with E-state index in [0.717, 1.165) is 19.7 Å². The normalized spacial score (nSPS) is 23.5. The predicted octanol–water partition coefficient (Wildman–Crippen LogP) is 0.637. The molecule has 17 heavy (non-hydrogen) atoms. The molecule has 1 rings (SSSR count). The number of nitrogens with zero attached hydrogens (tertiary/aromatic N) is 2. The molecule has 0 aromatic rings. The summed E-state index contributed by atoms with van der Waals surface area (Å²) in [4.78, 5) is 4.90. The zero-order valence-corrected chi connectivity index (χ0v) is 11.9. The molecule has 1 aliphatic heterocycles. The molecule has 1 saturated heterocycles. The molecular weight excluding hydrogens is 214 g/mol. The first-order chi connectivity index (χ1) is 8.19. The molecule has 1 heterocycles. The van der Waals surface area contributed by atoms with Gasteiger partial charge in [0.25, 0.3) is 0 Å². The molecule has 1 N–H and O–H groups in total. The zero-order chi connectivity index (χ0) is 12.7. The van der Waals surface area contributed by atoms with Crippen LogP contribution in [-0.2, 0) is 4.74 Å². The van der Waals surface area contributed by atoms with E-state index >= 15 is 0 Å². The van der Waals surface area contributed by atoms with Crippen molar-refractivity contribution in [1.82, 2.24) is 15.1 Å². The molecule has 4 heteroatoms. The lowest BCUT2D eigenvalue weighted by molar-refractivity contribution is 0.0999. The van der Waals surface area contributed by atoms with Gasteiger partial charge in [-0.2, -0.15) is 0 Å². The van der Waals surface area contributed by atoms with E-state index in [1.54, 1.807) is 7.11 Å². The lowest BCUT2D eigenvalue weighted by atomic mass is 10.2. The van der Waals surface area contributed by atoms with Gasteiger partial charge in [0.2, 0.25) is 0 Å². The Hall–Kier alpha value is -0.160. The summed E-state index contributed by atoms with van der Waals surface area (Å²) >= 11 is 0. The quantitative estimate of drug-likeness (QED) is 0.633. The molecule has 0 aromatic heterocycles. The number of nitrogens with one attached hydrogen (secondary N) is 1. The second-order valence-electron chi connectivity index (χ2n) is 5.21. The maximum absolute atomic E-state index is 5.35. The fourth-order valence-electron chi connectivity index (χ4n) is 2.45. The lowest BCUT2D eigenvalue weighted by Gasteiger charge is -2.28. The maximum atomic E-state index is 5.35. The Morgan fingerprint density at radius 1 is 1.47 bits per heavy atom. The monoisotopic (exact) mass is 243 g/mol. The van der Waals surface area contributed by atoms with E-state index in [9.17, 15) is 0 Å². The van der Waals surface area contributed by atoms with Gasteiger partial charge in [-0.05, 0) is 33.5 Å². The summed E-state index contributed by atoms with van der Waals surface area (Å²) in [7, 11) is 6.15. The molecular formula is C13H29N3O. The van der Waals surface area contributed by atoms with Crippen molar-refractivity contribution in [2.24, 2.45) is 0 Å². The Morgan fingerprint density at radius 2 is 2.24 bits per heavy atom. The van der Waals surface area contributed by atoms with E-state index in [2.05, 4.69) is 36.1 Å². The number of hydrogen-bond donors (Lipinski definition) is 1. The lowest BCUT2D eigenvalue weighted by Crippen LogP contribution is -2.45. The Balaban J connectivity index is 2.36. The van der Waals surface area contributed by atoms with Crippen molar-refractivity contribution in [2.75, 3.05) is 54.0 Å². The molecule has 1 fully saturated rings. The van der Waals surface area contributed by atoms with E-state index in [4.69, 9.17) is 4.74 Å². The molecule has 0 bridgehead atoms. The van der Waals surface area contributed by atoms with Crippen LogP contribution in [0.1, 0.15) is 19.8 Å². The van der Waals surface area contributed by atoms with Gasteiger partial charge in [-0.15, -0.1) is 0 Å². The molecule has 0 aliphatic carbocycles. The highest BCUT2D eigenvalue weighted by Crippen LogP contribution is 2.16. The third kappa shape index (κ3) is 4.92.